The molecular weight excluding hydrogens is 388 g/mol. The quantitative estimate of drug-likeness (QED) is 0.696. The molecule has 0 bridgehead atoms. The zero-order valence-corrected chi connectivity index (χ0v) is 15.8. The van der Waals surface area contributed by atoms with Gasteiger partial charge in [0, 0.05) is 25.8 Å². The number of anilines is 2. The standard InChI is InChI=1S/C17H17BrN4OS/c1-21(2)13-5-3-12(4-6-13)11-22-16(9-10-19-22)20-17(23)14-7-8-15(18)24-14/h3-10H,11H2,1-2H3,(H,20,23). The summed E-state index contributed by atoms with van der Waals surface area (Å²) >= 11 is 4.77. The highest BCUT2D eigenvalue weighted by molar-refractivity contribution is 9.11. The van der Waals surface area contributed by atoms with Crippen LogP contribution in [0.2, 0.25) is 0 Å². The summed E-state index contributed by atoms with van der Waals surface area (Å²) in [6.45, 7) is 0.602. The molecule has 3 rings (SSSR count). The molecule has 5 nitrogen and oxygen atoms in total. The van der Waals surface area contributed by atoms with Gasteiger partial charge in [-0.3, -0.25) is 4.79 Å². The van der Waals surface area contributed by atoms with E-state index in [-0.39, 0.29) is 5.91 Å². The first-order valence-electron chi connectivity index (χ1n) is 7.38. The molecule has 0 aliphatic heterocycles. The molecule has 0 radical (unpaired) electrons. The summed E-state index contributed by atoms with van der Waals surface area (Å²) in [5.74, 6) is 0.552. The third-order valence-electron chi connectivity index (χ3n) is 3.54. The van der Waals surface area contributed by atoms with E-state index in [1.807, 2.05) is 20.2 Å². The van der Waals surface area contributed by atoms with Gasteiger partial charge in [-0.2, -0.15) is 5.10 Å². The highest BCUT2D eigenvalue weighted by Crippen LogP contribution is 2.23. The number of thiophene rings is 1. The number of carbonyl (C=O) groups excluding carboxylic acids is 1. The summed E-state index contributed by atoms with van der Waals surface area (Å²) in [6, 6.07) is 13.7. The maximum atomic E-state index is 12.3. The molecule has 1 aromatic carbocycles. The number of carbonyl (C=O) groups is 1. The zero-order chi connectivity index (χ0) is 17.1. The first-order valence-corrected chi connectivity index (χ1v) is 8.98. The fraction of sp³-hybridized carbons (Fsp3) is 0.176. The van der Waals surface area contributed by atoms with E-state index in [0.717, 1.165) is 15.0 Å². The number of hydrogen-bond donors (Lipinski definition) is 1. The first-order chi connectivity index (χ1) is 11.5. The lowest BCUT2D eigenvalue weighted by Gasteiger charge is -2.13. The van der Waals surface area contributed by atoms with Crippen LogP contribution in [0, 0.1) is 0 Å². The van der Waals surface area contributed by atoms with Crippen LogP contribution in [0.15, 0.2) is 52.4 Å². The van der Waals surface area contributed by atoms with Crippen LogP contribution in [-0.4, -0.2) is 29.8 Å². The van der Waals surface area contributed by atoms with Gasteiger partial charge < -0.3 is 10.2 Å². The van der Waals surface area contributed by atoms with Gasteiger partial charge in [-0.1, -0.05) is 12.1 Å². The molecule has 2 heterocycles. The molecular formula is C17H17BrN4OS. The van der Waals surface area contributed by atoms with Crippen molar-refractivity contribution in [2.45, 2.75) is 6.54 Å². The molecule has 0 fully saturated rings. The maximum absolute atomic E-state index is 12.3. The topological polar surface area (TPSA) is 50.2 Å². The second-order valence-electron chi connectivity index (χ2n) is 5.49. The Hall–Kier alpha value is -2.12. The average Bonchev–Trinajstić information content (AvgIpc) is 3.17. The van der Waals surface area contributed by atoms with E-state index in [4.69, 9.17) is 0 Å². The number of rotatable bonds is 5. The van der Waals surface area contributed by atoms with Gasteiger partial charge in [0.25, 0.3) is 5.91 Å². The number of aromatic nitrogens is 2. The van der Waals surface area contributed by atoms with Crippen molar-refractivity contribution in [3.63, 3.8) is 0 Å². The molecule has 0 unspecified atom stereocenters. The molecule has 1 amide bonds. The van der Waals surface area contributed by atoms with E-state index >= 15 is 0 Å². The number of hydrogen-bond acceptors (Lipinski definition) is 4. The van der Waals surface area contributed by atoms with E-state index in [0.29, 0.717) is 17.2 Å². The predicted molar refractivity (Wildman–Crippen MR) is 102 cm³/mol. The van der Waals surface area contributed by atoms with Crippen LogP contribution in [-0.2, 0) is 6.54 Å². The van der Waals surface area contributed by atoms with E-state index in [2.05, 4.69) is 55.5 Å². The number of nitrogens with one attached hydrogen (secondary N) is 1. The Morgan fingerprint density at radius 2 is 1.96 bits per heavy atom. The SMILES string of the molecule is CN(C)c1ccc(Cn2nccc2NC(=O)c2ccc(Br)s2)cc1. The third kappa shape index (κ3) is 3.85. The monoisotopic (exact) mass is 404 g/mol. The maximum Gasteiger partial charge on any atom is 0.266 e. The summed E-state index contributed by atoms with van der Waals surface area (Å²) in [7, 11) is 4.03. The lowest BCUT2D eigenvalue weighted by atomic mass is 10.2. The molecule has 3 aromatic rings. The zero-order valence-electron chi connectivity index (χ0n) is 13.4. The molecule has 0 aliphatic rings. The second-order valence-corrected chi connectivity index (χ2v) is 7.96. The summed E-state index contributed by atoms with van der Waals surface area (Å²) in [5, 5.41) is 7.22. The summed E-state index contributed by atoms with van der Waals surface area (Å²) in [6.07, 6.45) is 1.69. The molecule has 24 heavy (non-hydrogen) atoms. The Bertz CT molecular complexity index is 838. The van der Waals surface area contributed by atoms with Gasteiger partial charge in [-0.05, 0) is 45.8 Å². The predicted octanol–water partition coefficient (Wildman–Crippen LogP) is 4.07. The molecule has 0 spiro atoms. The van der Waals surface area contributed by atoms with Gasteiger partial charge >= 0.3 is 0 Å². The van der Waals surface area contributed by atoms with Gasteiger partial charge in [-0.25, -0.2) is 4.68 Å². The van der Waals surface area contributed by atoms with Crippen molar-refractivity contribution in [3.8, 4) is 0 Å². The normalized spacial score (nSPS) is 10.6. The van der Waals surface area contributed by atoms with Crippen molar-refractivity contribution in [1.29, 1.82) is 0 Å². The molecule has 7 heteroatoms. The van der Waals surface area contributed by atoms with Crippen LogP contribution >= 0.6 is 27.3 Å². The van der Waals surface area contributed by atoms with Gasteiger partial charge in [-0.15, -0.1) is 11.3 Å². The van der Waals surface area contributed by atoms with E-state index in [1.165, 1.54) is 11.3 Å². The molecule has 0 saturated heterocycles. The Morgan fingerprint density at radius 1 is 1.21 bits per heavy atom. The summed E-state index contributed by atoms with van der Waals surface area (Å²) in [5.41, 5.74) is 2.27. The lowest BCUT2D eigenvalue weighted by molar-refractivity contribution is 0.102. The second kappa shape index (κ2) is 7.19. The molecule has 0 saturated carbocycles. The average molecular weight is 405 g/mol. The van der Waals surface area contributed by atoms with Gasteiger partial charge in [0.2, 0.25) is 0 Å². The van der Waals surface area contributed by atoms with Crippen molar-refractivity contribution >= 4 is 44.7 Å². The molecule has 0 aliphatic carbocycles. The smallest absolute Gasteiger partial charge is 0.266 e. The summed E-state index contributed by atoms with van der Waals surface area (Å²) in [4.78, 5) is 15.0. The van der Waals surface area contributed by atoms with Crippen LogP contribution < -0.4 is 10.2 Å². The Labute approximate surface area is 153 Å². The van der Waals surface area contributed by atoms with E-state index < -0.39 is 0 Å². The van der Waals surface area contributed by atoms with Crippen molar-refractivity contribution in [3.05, 3.63) is 62.9 Å². The fourth-order valence-corrected chi connectivity index (χ4v) is 3.53. The number of benzene rings is 1. The lowest BCUT2D eigenvalue weighted by Crippen LogP contribution is -2.15. The molecule has 2 aromatic heterocycles. The van der Waals surface area contributed by atoms with Gasteiger partial charge in [0.15, 0.2) is 0 Å². The minimum absolute atomic E-state index is 0.129. The van der Waals surface area contributed by atoms with Crippen LogP contribution in [0.3, 0.4) is 0 Å². The van der Waals surface area contributed by atoms with Gasteiger partial charge in [0.1, 0.15) is 5.82 Å². The number of halogens is 1. The largest absolute Gasteiger partial charge is 0.378 e. The van der Waals surface area contributed by atoms with Gasteiger partial charge in [0.05, 0.1) is 21.4 Å². The third-order valence-corrected chi connectivity index (χ3v) is 5.16. The van der Waals surface area contributed by atoms with Crippen LogP contribution in [0.1, 0.15) is 15.2 Å². The van der Waals surface area contributed by atoms with Crippen LogP contribution in [0.25, 0.3) is 0 Å². The van der Waals surface area contributed by atoms with Crippen molar-refractivity contribution < 1.29 is 4.79 Å². The Kier molecular flexibility index (Phi) is 5.01. The molecule has 124 valence electrons. The number of nitrogens with zero attached hydrogens (tertiary/aromatic N) is 3. The Balaban J connectivity index is 1.72. The van der Waals surface area contributed by atoms with Crippen molar-refractivity contribution in [1.82, 2.24) is 9.78 Å². The first kappa shape index (κ1) is 16.7. The summed E-state index contributed by atoms with van der Waals surface area (Å²) < 4.78 is 2.72. The van der Waals surface area contributed by atoms with Crippen LogP contribution in [0.4, 0.5) is 11.5 Å². The fourth-order valence-electron chi connectivity index (χ4n) is 2.25. The minimum atomic E-state index is -0.129. The van der Waals surface area contributed by atoms with E-state index in [9.17, 15) is 4.79 Å². The Morgan fingerprint density at radius 3 is 2.58 bits per heavy atom. The van der Waals surface area contributed by atoms with Crippen molar-refractivity contribution in [2.75, 3.05) is 24.3 Å². The van der Waals surface area contributed by atoms with Crippen LogP contribution in [0.5, 0.6) is 0 Å². The minimum Gasteiger partial charge on any atom is -0.378 e. The highest BCUT2D eigenvalue weighted by Gasteiger charge is 2.12. The molecule has 1 N–H and O–H groups in total. The molecule has 0 atom stereocenters. The number of amides is 1. The van der Waals surface area contributed by atoms with Crippen molar-refractivity contribution in [2.24, 2.45) is 0 Å². The highest BCUT2D eigenvalue weighted by atomic mass is 79.9. The van der Waals surface area contributed by atoms with E-state index in [1.54, 1.807) is 23.0 Å².